The van der Waals surface area contributed by atoms with Crippen LogP contribution in [0.15, 0.2) is 53.4 Å². The molecule has 0 aromatic heterocycles. The maximum absolute atomic E-state index is 12.9. The predicted octanol–water partition coefficient (Wildman–Crippen LogP) is 2.58. The third-order valence-corrected chi connectivity index (χ3v) is 4.65. The molecule has 2 aromatic rings. The minimum atomic E-state index is -3.71. The second-order valence-corrected chi connectivity index (χ2v) is 6.68. The quantitative estimate of drug-likeness (QED) is 0.842. The number of hydrogen-bond acceptors (Lipinski definition) is 4. The molecule has 0 radical (unpaired) electrons. The number of rotatable bonds is 7. The van der Waals surface area contributed by atoms with Gasteiger partial charge in [0.15, 0.2) is 0 Å². The summed E-state index contributed by atoms with van der Waals surface area (Å²) in [4.78, 5) is 0.00944. The number of benzene rings is 2. The van der Waals surface area contributed by atoms with Crippen molar-refractivity contribution in [2.45, 2.75) is 17.9 Å². The van der Waals surface area contributed by atoms with Gasteiger partial charge in [-0.15, -0.1) is 0 Å². The number of sulfonamides is 1. The summed E-state index contributed by atoms with van der Waals surface area (Å²) >= 11 is 0. The van der Waals surface area contributed by atoms with Gasteiger partial charge in [-0.25, -0.2) is 17.5 Å². The summed E-state index contributed by atoms with van der Waals surface area (Å²) in [6, 6.07) is 11.2. The molecule has 0 heterocycles. The number of ether oxygens (including phenoxy) is 2. The monoisotopic (exact) mass is 339 g/mol. The number of hydrogen-bond donors (Lipinski definition) is 1. The topological polar surface area (TPSA) is 64.6 Å². The highest BCUT2D eigenvalue weighted by Crippen LogP contribution is 2.17. The van der Waals surface area contributed by atoms with Gasteiger partial charge in [0.25, 0.3) is 0 Å². The molecular formula is C16H18FNO4S. The van der Waals surface area contributed by atoms with E-state index >= 15 is 0 Å². The molecule has 5 nitrogen and oxygen atoms in total. The Labute approximate surface area is 135 Å². The number of halogens is 1. The van der Waals surface area contributed by atoms with E-state index in [1.165, 1.54) is 12.1 Å². The van der Waals surface area contributed by atoms with Gasteiger partial charge in [0.2, 0.25) is 10.0 Å². The van der Waals surface area contributed by atoms with Crippen LogP contribution in [-0.4, -0.2) is 28.2 Å². The first-order valence-electron chi connectivity index (χ1n) is 6.95. The highest BCUT2D eigenvalue weighted by molar-refractivity contribution is 7.89. The molecule has 1 atom stereocenters. The average molecular weight is 339 g/mol. The van der Waals surface area contributed by atoms with Crippen LogP contribution in [0.4, 0.5) is 4.39 Å². The lowest BCUT2D eigenvalue weighted by atomic mass is 10.3. The van der Waals surface area contributed by atoms with Crippen molar-refractivity contribution in [2.75, 3.05) is 13.7 Å². The van der Waals surface area contributed by atoms with Crippen molar-refractivity contribution < 1.29 is 22.3 Å². The van der Waals surface area contributed by atoms with E-state index in [1.807, 2.05) is 0 Å². The van der Waals surface area contributed by atoms with Crippen molar-refractivity contribution in [1.29, 1.82) is 0 Å². The Balaban J connectivity index is 1.92. The second-order valence-electron chi connectivity index (χ2n) is 4.96. The zero-order chi connectivity index (χ0) is 16.9. The van der Waals surface area contributed by atoms with Gasteiger partial charge in [0, 0.05) is 0 Å². The van der Waals surface area contributed by atoms with Crippen LogP contribution in [-0.2, 0) is 10.0 Å². The summed E-state index contributed by atoms with van der Waals surface area (Å²) in [6.45, 7) is 1.84. The molecule has 0 spiro atoms. The molecule has 2 rings (SSSR count). The van der Waals surface area contributed by atoms with Crippen LogP contribution in [0, 0.1) is 5.82 Å². The van der Waals surface area contributed by atoms with E-state index in [1.54, 1.807) is 38.3 Å². The average Bonchev–Trinajstić information content (AvgIpc) is 2.53. The van der Waals surface area contributed by atoms with Crippen LogP contribution >= 0.6 is 0 Å². The molecule has 0 fully saturated rings. The van der Waals surface area contributed by atoms with Crippen LogP contribution in [0.3, 0.4) is 0 Å². The van der Waals surface area contributed by atoms with Gasteiger partial charge in [-0.3, -0.25) is 0 Å². The van der Waals surface area contributed by atoms with Crippen LogP contribution < -0.4 is 14.2 Å². The molecule has 1 unspecified atom stereocenters. The van der Waals surface area contributed by atoms with E-state index in [4.69, 9.17) is 9.47 Å². The molecule has 1 N–H and O–H groups in total. The molecule has 2 aromatic carbocycles. The predicted molar refractivity (Wildman–Crippen MR) is 84.7 cm³/mol. The largest absolute Gasteiger partial charge is 0.497 e. The smallest absolute Gasteiger partial charge is 0.240 e. The normalized spacial score (nSPS) is 12.7. The minimum Gasteiger partial charge on any atom is -0.497 e. The molecule has 0 aliphatic heterocycles. The van der Waals surface area contributed by atoms with Crippen molar-refractivity contribution in [1.82, 2.24) is 4.72 Å². The first-order chi connectivity index (χ1) is 10.9. The van der Waals surface area contributed by atoms with Gasteiger partial charge in [-0.2, -0.15) is 0 Å². The molecule has 124 valence electrons. The van der Waals surface area contributed by atoms with Gasteiger partial charge >= 0.3 is 0 Å². The van der Waals surface area contributed by atoms with Gasteiger partial charge in [-0.05, 0) is 55.5 Å². The lowest BCUT2D eigenvalue weighted by molar-refractivity contribution is 0.287. The maximum Gasteiger partial charge on any atom is 0.240 e. The zero-order valence-electron chi connectivity index (χ0n) is 12.8. The molecular weight excluding hydrogens is 321 g/mol. The van der Waals surface area contributed by atoms with Crippen LogP contribution in [0.25, 0.3) is 0 Å². The van der Waals surface area contributed by atoms with E-state index in [9.17, 15) is 12.8 Å². The summed E-state index contributed by atoms with van der Waals surface area (Å²) in [6.07, 6.45) is 0. The minimum absolute atomic E-state index is 0.00944. The van der Waals surface area contributed by atoms with Crippen LogP contribution in [0.5, 0.6) is 11.5 Å². The third-order valence-electron chi connectivity index (χ3n) is 3.04. The molecule has 23 heavy (non-hydrogen) atoms. The molecule has 0 aliphatic rings. The summed E-state index contributed by atoms with van der Waals surface area (Å²) in [7, 11) is -2.14. The second kappa shape index (κ2) is 7.43. The van der Waals surface area contributed by atoms with E-state index in [-0.39, 0.29) is 11.5 Å². The van der Waals surface area contributed by atoms with Crippen molar-refractivity contribution >= 4 is 10.0 Å². The van der Waals surface area contributed by atoms with Crippen molar-refractivity contribution in [3.63, 3.8) is 0 Å². The SMILES string of the molecule is COc1ccc(OCC(C)NS(=O)(=O)c2ccc(F)cc2)cc1. The summed E-state index contributed by atoms with van der Waals surface area (Å²) < 4.78 is 50.2. The first kappa shape index (κ1) is 17.2. The number of nitrogens with one attached hydrogen (secondary N) is 1. The Morgan fingerprint density at radius 2 is 1.61 bits per heavy atom. The third kappa shape index (κ3) is 4.94. The molecule has 0 aliphatic carbocycles. The molecule has 0 saturated heterocycles. The molecule has 0 bridgehead atoms. The fourth-order valence-electron chi connectivity index (χ4n) is 1.87. The van der Waals surface area contributed by atoms with Gasteiger partial charge < -0.3 is 9.47 Å². The van der Waals surface area contributed by atoms with E-state index in [0.717, 1.165) is 12.1 Å². The Kier molecular flexibility index (Phi) is 5.57. The maximum atomic E-state index is 12.9. The zero-order valence-corrected chi connectivity index (χ0v) is 13.6. The van der Waals surface area contributed by atoms with E-state index in [2.05, 4.69) is 4.72 Å². The lowest BCUT2D eigenvalue weighted by Crippen LogP contribution is -2.36. The fraction of sp³-hybridized carbons (Fsp3) is 0.250. The summed E-state index contributed by atoms with van der Waals surface area (Å²) in [5, 5.41) is 0. The van der Waals surface area contributed by atoms with E-state index in [0.29, 0.717) is 11.5 Å². The van der Waals surface area contributed by atoms with E-state index < -0.39 is 21.9 Å². The van der Waals surface area contributed by atoms with Gasteiger partial charge in [0.1, 0.15) is 23.9 Å². The Bertz CT molecular complexity index is 730. The van der Waals surface area contributed by atoms with Gasteiger partial charge in [0.05, 0.1) is 18.0 Å². The van der Waals surface area contributed by atoms with Crippen molar-refractivity contribution in [2.24, 2.45) is 0 Å². The first-order valence-corrected chi connectivity index (χ1v) is 8.44. The Morgan fingerprint density at radius 1 is 1.04 bits per heavy atom. The van der Waals surface area contributed by atoms with Crippen LogP contribution in [0.1, 0.15) is 6.92 Å². The Hall–Kier alpha value is -2.12. The summed E-state index contributed by atoms with van der Waals surface area (Å²) in [5.74, 6) is 0.834. The molecule has 0 saturated carbocycles. The highest BCUT2D eigenvalue weighted by atomic mass is 32.2. The lowest BCUT2D eigenvalue weighted by Gasteiger charge is -2.15. The standard InChI is InChI=1S/C16H18FNO4S/c1-12(11-22-15-7-5-14(21-2)6-8-15)18-23(19,20)16-9-3-13(17)4-10-16/h3-10,12,18H,11H2,1-2H3. The van der Waals surface area contributed by atoms with Gasteiger partial charge in [-0.1, -0.05) is 0 Å². The van der Waals surface area contributed by atoms with Crippen LogP contribution in [0.2, 0.25) is 0 Å². The number of methoxy groups -OCH3 is 1. The molecule has 7 heteroatoms. The fourth-order valence-corrected chi connectivity index (χ4v) is 3.10. The Morgan fingerprint density at radius 3 is 2.17 bits per heavy atom. The van der Waals surface area contributed by atoms with Crippen molar-refractivity contribution in [3.8, 4) is 11.5 Å². The highest BCUT2D eigenvalue weighted by Gasteiger charge is 2.17. The van der Waals surface area contributed by atoms with Crippen molar-refractivity contribution in [3.05, 3.63) is 54.3 Å². The molecule has 0 amide bonds. The summed E-state index contributed by atoms with van der Waals surface area (Å²) in [5.41, 5.74) is 0.